The van der Waals surface area contributed by atoms with Crippen LogP contribution in [0.4, 0.5) is 13.2 Å². The maximum Gasteiger partial charge on any atom is 0.416 e. The first-order valence-corrected chi connectivity index (χ1v) is 11.6. The maximum absolute atomic E-state index is 12.9. The van der Waals surface area contributed by atoms with Crippen molar-refractivity contribution in [1.29, 1.82) is 0 Å². The van der Waals surface area contributed by atoms with E-state index >= 15 is 0 Å². The average molecular weight is 474 g/mol. The number of nitrogens with zero attached hydrogens (tertiary/aromatic N) is 2. The Kier molecular flexibility index (Phi) is 7.31. The first kappa shape index (κ1) is 24.3. The summed E-state index contributed by atoms with van der Waals surface area (Å²) >= 11 is 0. The lowest BCUT2D eigenvalue weighted by atomic mass is 9.97. The molecule has 1 saturated heterocycles. The molecule has 3 rings (SSSR count). The van der Waals surface area contributed by atoms with Gasteiger partial charge in [0, 0.05) is 25.6 Å². The largest absolute Gasteiger partial charge is 0.468 e. The molecule has 0 spiro atoms. The highest BCUT2D eigenvalue weighted by molar-refractivity contribution is 7.89. The van der Waals surface area contributed by atoms with E-state index in [1.54, 1.807) is 12.3 Å². The van der Waals surface area contributed by atoms with E-state index in [1.807, 2.05) is 25.1 Å². The molecule has 7 nitrogen and oxygen atoms in total. The molecule has 1 atom stereocenters. The van der Waals surface area contributed by atoms with Gasteiger partial charge in [0.25, 0.3) is 0 Å². The van der Waals surface area contributed by atoms with Crippen molar-refractivity contribution < 1.29 is 30.8 Å². The number of furan rings is 1. The number of nitrogens with one attached hydrogen (secondary N) is 1. The molecule has 0 aliphatic carbocycles. The maximum atomic E-state index is 12.9. The van der Waals surface area contributed by atoms with E-state index < -0.39 is 26.7 Å². The quantitative estimate of drug-likeness (QED) is 0.668. The molecule has 0 saturated carbocycles. The summed E-state index contributed by atoms with van der Waals surface area (Å²) in [5.41, 5.74) is -1.01. The molecule has 1 aromatic heterocycles. The number of likely N-dealkylation sites (N-methyl/N-ethyl adjacent to an activating group) is 1. The van der Waals surface area contributed by atoms with Gasteiger partial charge in [-0.25, -0.2) is 8.42 Å². The molecular weight excluding hydrogens is 447 g/mol. The van der Waals surface area contributed by atoms with E-state index in [9.17, 15) is 26.4 Å². The van der Waals surface area contributed by atoms with Crippen LogP contribution in [0.15, 0.2) is 52.0 Å². The summed E-state index contributed by atoms with van der Waals surface area (Å²) < 4.78 is 71.0. The first-order chi connectivity index (χ1) is 15.0. The smallest absolute Gasteiger partial charge is 0.416 e. The van der Waals surface area contributed by atoms with Gasteiger partial charge in [0.05, 0.1) is 22.8 Å². The van der Waals surface area contributed by atoms with Crippen molar-refractivity contribution in [2.24, 2.45) is 5.92 Å². The Labute approximate surface area is 185 Å². The van der Waals surface area contributed by atoms with Crippen molar-refractivity contribution in [2.45, 2.75) is 30.0 Å². The van der Waals surface area contributed by atoms with E-state index in [0.29, 0.717) is 12.6 Å². The van der Waals surface area contributed by atoms with E-state index in [4.69, 9.17) is 4.42 Å². The Bertz CT molecular complexity index is 1020. The lowest BCUT2D eigenvalue weighted by Crippen LogP contribution is -2.44. The van der Waals surface area contributed by atoms with Gasteiger partial charge in [-0.1, -0.05) is 6.07 Å². The van der Waals surface area contributed by atoms with E-state index in [2.05, 4.69) is 5.32 Å². The van der Waals surface area contributed by atoms with Gasteiger partial charge >= 0.3 is 6.18 Å². The van der Waals surface area contributed by atoms with Crippen LogP contribution in [0.25, 0.3) is 0 Å². The fraction of sp³-hybridized carbons (Fsp3) is 0.476. The Morgan fingerprint density at radius 2 is 1.91 bits per heavy atom. The Morgan fingerprint density at radius 3 is 2.47 bits per heavy atom. The number of hydrogen-bond acceptors (Lipinski definition) is 5. The highest BCUT2D eigenvalue weighted by atomic mass is 32.2. The van der Waals surface area contributed by atoms with Gasteiger partial charge in [0.2, 0.25) is 15.9 Å². The summed E-state index contributed by atoms with van der Waals surface area (Å²) in [5, 5.41) is 2.90. The number of benzene rings is 1. The van der Waals surface area contributed by atoms with Gasteiger partial charge in [0.15, 0.2) is 0 Å². The predicted octanol–water partition coefficient (Wildman–Crippen LogP) is 3.12. The second-order valence-corrected chi connectivity index (χ2v) is 9.88. The SMILES string of the molecule is CN(C)[C@H](CNC(=O)C1CCN(S(=O)(=O)c2cccc(C(F)(F)F)c2)CC1)c1ccco1. The zero-order valence-electron chi connectivity index (χ0n) is 17.8. The normalized spacial score (nSPS) is 17.4. The number of carbonyl (C=O) groups is 1. The van der Waals surface area contributed by atoms with E-state index in [0.717, 1.165) is 28.3 Å². The van der Waals surface area contributed by atoms with Crippen molar-refractivity contribution in [3.05, 3.63) is 54.0 Å². The molecule has 1 amide bonds. The van der Waals surface area contributed by atoms with Gasteiger partial charge in [-0.2, -0.15) is 17.5 Å². The number of amides is 1. The molecular formula is C21H26F3N3O4S. The minimum atomic E-state index is -4.63. The summed E-state index contributed by atoms with van der Waals surface area (Å²) in [6, 6.07) is 7.16. The van der Waals surface area contributed by atoms with Crippen molar-refractivity contribution in [1.82, 2.24) is 14.5 Å². The number of hydrogen-bond donors (Lipinski definition) is 1. The van der Waals surface area contributed by atoms with Gasteiger partial charge in [0.1, 0.15) is 5.76 Å². The molecule has 2 heterocycles. The molecule has 1 N–H and O–H groups in total. The van der Waals surface area contributed by atoms with Crippen molar-refractivity contribution >= 4 is 15.9 Å². The minimum Gasteiger partial charge on any atom is -0.468 e. The second-order valence-electron chi connectivity index (χ2n) is 7.94. The van der Waals surface area contributed by atoms with E-state index in [-0.39, 0.29) is 43.8 Å². The molecule has 2 aromatic rings. The first-order valence-electron chi connectivity index (χ1n) is 10.1. The van der Waals surface area contributed by atoms with Gasteiger partial charge in [-0.3, -0.25) is 9.69 Å². The topological polar surface area (TPSA) is 82.9 Å². The van der Waals surface area contributed by atoms with Crippen LogP contribution in [0.3, 0.4) is 0 Å². The Balaban J connectivity index is 1.59. The van der Waals surface area contributed by atoms with Crippen molar-refractivity contribution in [2.75, 3.05) is 33.7 Å². The monoisotopic (exact) mass is 473 g/mol. The van der Waals surface area contributed by atoms with Crippen LogP contribution in [0.2, 0.25) is 0 Å². The van der Waals surface area contributed by atoms with Crippen LogP contribution in [0.5, 0.6) is 0 Å². The molecule has 1 fully saturated rings. The number of halogens is 3. The van der Waals surface area contributed by atoms with Crippen LogP contribution >= 0.6 is 0 Å². The van der Waals surface area contributed by atoms with Crippen LogP contribution in [0, 0.1) is 5.92 Å². The van der Waals surface area contributed by atoms with Gasteiger partial charge in [-0.05, 0) is 57.3 Å². The van der Waals surface area contributed by atoms with Crippen LogP contribution in [-0.4, -0.2) is 57.3 Å². The predicted molar refractivity (Wildman–Crippen MR) is 111 cm³/mol. The van der Waals surface area contributed by atoms with Crippen molar-refractivity contribution in [3.63, 3.8) is 0 Å². The lowest BCUT2D eigenvalue weighted by Gasteiger charge is -2.31. The Morgan fingerprint density at radius 1 is 1.22 bits per heavy atom. The molecule has 0 radical (unpaired) electrons. The summed E-state index contributed by atoms with van der Waals surface area (Å²) in [4.78, 5) is 14.1. The molecule has 32 heavy (non-hydrogen) atoms. The van der Waals surface area contributed by atoms with Crippen LogP contribution < -0.4 is 5.32 Å². The highest BCUT2D eigenvalue weighted by Gasteiger charge is 2.35. The number of carbonyl (C=O) groups excluding carboxylic acids is 1. The van der Waals surface area contributed by atoms with E-state index in [1.165, 1.54) is 0 Å². The van der Waals surface area contributed by atoms with Gasteiger partial charge in [-0.15, -0.1) is 0 Å². The van der Waals surface area contributed by atoms with Crippen LogP contribution in [-0.2, 0) is 21.0 Å². The third-order valence-corrected chi connectivity index (χ3v) is 7.48. The number of sulfonamides is 1. The lowest BCUT2D eigenvalue weighted by molar-refractivity contribution is -0.137. The Hall–Kier alpha value is -2.37. The highest BCUT2D eigenvalue weighted by Crippen LogP contribution is 2.32. The molecule has 11 heteroatoms. The number of alkyl halides is 3. The fourth-order valence-electron chi connectivity index (χ4n) is 3.70. The fourth-order valence-corrected chi connectivity index (χ4v) is 5.22. The summed E-state index contributed by atoms with van der Waals surface area (Å²) in [7, 11) is -0.335. The molecule has 1 aliphatic rings. The average Bonchev–Trinajstić information content (AvgIpc) is 3.27. The zero-order chi connectivity index (χ0) is 23.5. The summed E-state index contributed by atoms with van der Waals surface area (Å²) in [6.07, 6.45) is -2.49. The standard InChI is InChI=1S/C21H26F3N3O4S/c1-26(2)18(19-7-4-12-31-19)14-25-20(28)15-8-10-27(11-9-15)32(29,30)17-6-3-5-16(13-17)21(22,23)24/h3-7,12-13,15,18H,8-11,14H2,1-2H3,(H,25,28)/t18-/m1/s1. The second kappa shape index (κ2) is 9.63. The minimum absolute atomic E-state index is 0.0615. The molecule has 1 aliphatic heterocycles. The zero-order valence-corrected chi connectivity index (χ0v) is 18.6. The molecule has 1 aromatic carbocycles. The third-order valence-electron chi connectivity index (χ3n) is 5.59. The van der Waals surface area contributed by atoms with Crippen LogP contribution in [0.1, 0.15) is 30.2 Å². The molecule has 176 valence electrons. The van der Waals surface area contributed by atoms with Gasteiger partial charge < -0.3 is 9.73 Å². The molecule has 0 bridgehead atoms. The number of rotatable bonds is 7. The summed E-state index contributed by atoms with van der Waals surface area (Å²) in [5.74, 6) is 0.166. The van der Waals surface area contributed by atoms with Crippen molar-refractivity contribution in [3.8, 4) is 0 Å². The summed E-state index contributed by atoms with van der Waals surface area (Å²) in [6.45, 7) is 0.458. The third kappa shape index (κ3) is 5.51. The number of piperidine rings is 1. The molecule has 0 unspecified atom stereocenters.